The summed E-state index contributed by atoms with van der Waals surface area (Å²) in [6.45, 7) is 6.03. The summed E-state index contributed by atoms with van der Waals surface area (Å²) in [5.74, 6) is -0.143. The average molecular weight is 414 g/mol. The minimum atomic E-state index is -0.158. The minimum absolute atomic E-state index is 0.143. The van der Waals surface area contributed by atoms with Gasteiger partial charge in [0.25, 0.3) is 5.56 Å². The molecule has 0 radical (unpaired) electrons. The minimum Gasteiger partial charge on any atom is -0.325 e. The fraction of sp³-hybridized carbons (Fsp3) is 0.250. The highest BCUT2D eigenvalue weighted by molar-refractivity contribution is 9.10. The molecule has 134 valence electrons. The number of carbonyl (C=O) groups excluding carboxylic acids is 1. The van der Waals surface area contributed by atoms with Crippen molar-refractivity contribution in [2.75, 3.05) is 5.32 Å². The van der Waals surface area contributed by atoms with Crippen LogP contribution in [0.1, 0.15) is 23.2 Å². The number of hydrogen-bond acceptors (Lipinski definition) is 3. The monoisotopic (exact) mass is 413 g/mol. The van der Waals surface area contributed by atoms with Crippen molar-refractivity contribution < 1.29 is 4.79 Å². The van der Waals surface area contributed by atoms with E-state index in [0.717, 1.165) is 26.6 Å². The van der Waals surface area contributed by atoms with E-state index >= 15 is 0 Å². The number of aromatic nitrogens is 2. The van der Waals surface area contributed by atoms with Crippen LogP contribution in [0.4, 0.5) is 5.69 Å². The van der Waals surface area contributed by atoms with E-state index in [9.17, 15) is 9.59 Å². The molecule has 1 N–H and O–H groups in total. The second-order valence-electron chi connectivity index (χ2n) is 6.36. The Hall–Kier alpha value is -2.47. The van der Waals surface area contributed by atoms with E-state index in [1.54, 1.807) is 11.5 Å². The van der Waals surface area contributed by atoms with E-state index in [-0.39, 0.29) is 17.9 Å². The van der Waals surface area contributed by atoms with Crippen LogP contribution in [0.3, 0.4) is 0 Å². The van der Waals surface area contributed by atoms with Crippen LogP contribution in [-0.4, -0.2) is 15.5 Å². The summed E-state index contributed by atoms with van der Waals surface area (Å²) in [5.41, 5.74) is 4.75. The Labute approximate surface area is 160 Å². The summed E-state index contributed by atoms with van der Waals surface area (Å²) in [4.78, 5) is 29.3. The molecule has 0 saturated carbocycles. The molecule has 2 aromatic carbocycles. The van der Waals surface area contributed by atoms with E-state index in [0.29, 0.717) is 17.9 Å². The topological polar surface area (TPSA) is 64.0 Å². The largest absolute Gasteiger partial charge is 0.325 e. The normalized spacial score (nSPS) is 10.9. The molecule has 0 saturated heterocycles. The van der Waals surface area contributed by atoms with Crippen LogP contribution in [0, 0.1) is 20.8 Å². The van der Waals surface area contributed by atoms with Crippen LogP contribution >= 0.6 is 15.9 Å². The third-order valence-corrected chi connectivity index (χ3v) is 5.13. The molecule has 3 rings (SSSR count). The molecule has 0 aliphatic rings. The van der Waals surface area contributed by atoms with Gasteiger partial charge in [-0.2, -0.15) is 0 Å². The predicted molar refractivity (Wildman–Crippen MR) is 108 cm³/mol. The molecular weight excluding hydrogens is 394 g/mol. The molecule has 3 aromatic rings. The second kappa shape index (κ2) is 7.41. The lowest BCUT2D eigenvalue weighted by molar-refractivity contribution is -0.116. The third-order valence-electron chi connectivity index (χ3n) is 4.43. The quantitative estimate of drug-likeness (QED) is 0.699. The van der Waals surface area contributed by atoms with E-state index in [4.69, 9.17) is 0 Å². The number of anilines is 1. The Balaban J connectivity index is 1.87. The molecule has 1 aromatic heterocycles. The Kier molecular flexibility index (Phi) is 5.23. The Morgan fingerprint density at radius 2 is 1.85 bits per heavy atom. The van der Waals surface area contributed by atoms with Crippen molar-refractivity contribution in [2.24, 2.45) is 0 Å². The highest BCUT2D eigenvalue weighted by atomic mass is 79.9. The zero-order valence-electron chi connectivity index (χ0n) is 15.0. The summed E-state index contributed by atoms with van der Waals surface area (Å²) < 4.78 is 2.46. The molecular formula is C20H20BrN3O2. The zero-order valence-corrected chi connectivity index (χ0v) is 16.6. The van der Waals surface area contributed by atoms with Gasteiger partial charge in [-0.3, -0.25) is 9.59 Å². The van der Waals surface area contributed by atoms with Gasteiger partial charge in [-0.25, -0.2) is 4.98 Å². The molecule has 1 heterocycles. The highest BCUT2D eigenvalue weighted by Gasteiger charge is 2.12. The smallest absolute Gasteiger partial charge is 0.272 e. The molecule has 0 fully saturated rings. The molecule has 1 amide bonds. The molecule has 5 nitrogen and oxygen atoms in total. The van der Waals surface area contributed by atoms with Crippen molar-refractivity contribution in [2.45, 2.75) is 33.7 Å². The molecule has 6 heteroatoms. The maximum Gasteiger partial charge on any atom is 0.272 e. The number of fused-ring (bicyclic) bond motifs is 1. The molecule has 0 unspecified atom stereocenters. The predicted octanol–water partition coefficient (Wildman–Crippen LogP) is 4.11. The van der Waals surface area contributed by atoms with Crippen LogP contribution in [0.15, 0.2) is 45.7 Å². The maximum absolute atomic E-state index is 12.6. The molecule has 0 aliphatic carbocycles. The van der Waals surface area contributed by atoms with Gasteiger partial charge in [0.15, 0.2) is 0 Å². The van der Waals surface area contributed by atoms with E-state index in [2.05, 4.69) is 26.2 Å². The van der Waals surface area contributed by atoms with Crippen LogP contribution < -0.4 is 10.9 Å². The van der Waals surface area contributed by atoms with Crippen molar-refractivity contribution in [3.05, 3.63) is 68.0 Å². The van der Waals surface area contributed by atoms with Gasteiger partial charge < -0.3 is 9.88 Å². The van der Waals surface area contributed by atoms with Gasteiger partial charge in [-0.1, -0.05) is 12.1 Å². The van der Waals surface area contributed by atoms with Crippen LogP contribution in [0.2, 0.25) is 0 Å². The third kappa shape index (κ3) is 3.70. The first kappa shape index (κ1) is 18.3. The molecule has 26 heavy (non-hydrogen) atoms. The number of aryl methyl sites for hydroxylation is 4. The van der Waals surface area contributed by atoms with Gasteiger partial charge in [0.2, 0.25) is 5.91 Å². The van der Waals surface area contributed by atoms with E-state index in [1.165, 1.54) is 0 Å². The van der Waals surface area contributed by atoms with Gasteiger partial charge in [0.1, 0.15) is 5.69 Å². The van der Waals surface area contributed by atoms with Gasteiger partial charge in [0, 0.05) is 17.4 Å². The number of nitrogens with one attached hydrogen (secondary N) is 1. The SMILES string of the molecule is Cc1cc2nc(C)c(=O)n(CCC(=O)Nc3ccccc3Br)c2cc1C. The van der Waals surface area contributed by atoms with E-state index in [1.807, 2.05) is 50.2 Å². The van der Waals surface area contributed by atoms with Crippen molar-refractivity contribution in [1.29, 1.82) is 0 Å². The second-order valence-corrected chi connectivity index (χ2v) is 7.21. The van der Waals surface area contributed by atoms with Crippen LogP contribution in [0.5, 0.6) is 0 Å². The summed E-state index contributed by atoms with van der Waals surface area (Å²) in [6, 6.07) is 11.4. The van der Waals surface area contributed by atoms with Gasteiger partial charge in [0.05, 0.1) is 16.7 Å². The highest BCUT2D eigenvalue weighted by Crippen LogP contribution is 2.21. The standard InChI is InChI=1S/C20H20BrN3O2/c1-12-10-17-18(11-13(12)2)24(20(26)14(3)22-17)9-8-19(25)23-16-7-5-4-6-15(16)21/h4-7,10-11H,8-9H2,1-3H3,(H,23,25). The van der Waals surface area contributed by atoms with Crippen LogP contribution in [-0.2, 0) is 11.3 Å². The fourth-order valence-corrected chi connectivity index (χ4v) is 3.22. The molecule has 0 aliphatic heterocycles. The number of para-hydroxylation sites is 1. The number of halogens is 1. The summed E-state index contributed by atoms with van der Waals surface area (Å²) in [5, 5.41) is 2.87. The van der Waals surface area contributed by atoms with Crippen molar-refractivity contribution in [3.63, 3.8) is 0 Å². The summed E-state index contributed by atoms with van der Waals surface area (Å²) in [7, 11) is 0. The average Bonchev–Trinajstić information content (AvgIpc) is 2.59. The first-order valence-electron chi connectivity index (χ1n) is 8.39. The zero-order chi connectivity index (χ0) is 18.8. The van der Waals surface area contributed by atoms with Crippen molar-refractivity contribution in [1.82, 2.24) is 9.55 Å². The molecule has 0 spiro atoms. The van der Waals surface area contributed by atoms with Crippen molar-refractivity contribution in [3.8, 4) is 0 Å². The number of benzene rings is 2. The maximum atomic E-state index is 12.6. The van der Waals surface area contributed by atoms with Crippen LogP contribution in [0.25, 0.3) is 11.0 Å². The number of hydrogen-bond donors (Lipinski definition) is 1. The first-order chi connectivity index (χ1) is 12.4. The first-order valence-corrected chi connectivity index (χ1v) is 9.19. The number of nitrogens with zero attached hydrogens (tertiary/aromatic N) is 2. The number of amides is 1. The number of rotatable bonds is 4. The molecule has 0 atom stereocenters. The van der Waals surface area contributed by atoms with Gasteiger partial charge >= 0.3 is 0 Å². The van der Waals surface area contributed by atoms with Gasteiger partial charge in [-0.05, 0) is 72.1 Å². The Morgan fingerprint density at radius 3 is 2.58 bits per heavy atom. The lowest BCUT2D eigenvalue weighted by Gasteiger charge is -2.13. The van der Waals surface area contributed by atoms with Crippen molar-refractivity contribution >= 4 is 38.6 Å². The van der Waals surface area contributed by atoms with E-state index < -0.39 is 0 Å². The summed E-state index contributed by atoms with van der Waals surface area (Å²) >= 11 is 3.41. The van der Waals surface area contributed by atoms with Gasteiger partial charge in [-0.15, -0.1) is 0 Å². The molecule has 0 bridgehead atoms. The lowest BCUT2D eigenvalue weighted by atomic mass is 10.1. The summed E-state index contributed by atoms with van der Waals surface area (Å²) in [6.07, 6.45) is 0.201. The lowest BCUT2D eigenvalue weighted by Crippen LogP contribution is -2.26. The Bertz CT molecular complexity index is 1060. The fourth-order valence-electron chi connectivity index (χ4n) is 2.84. The Morgan fingerprint density at radius 1 is 1.15 bits per heavy atom. The number of carbonyl (C=O) groups is 1.